The molecule has 0 radical (unpaired) electrons. The van der Waals surface area contributed by atoms with Crippen LogP contribution >= 0.6 is 58.4 Å². The van der Waals surface area contributed by atoms with E-state index in [0.29, 0.717) is 6.54 Å². The second kappa shape index (κ2) is 12.0. The van der Waals surface area contributed by atoms with Gasteiger partial charge in [0.05, 0.1) is 17.2 Å². The summed E-state index contributed by atoms with van der Waals surface area (Å²) in [5.74, 6) is 1.93. The van der Waals surface area contributed by atoms with Crippen molar-refractivity contribution in [3.05, 3.63) is 27.2 Å². The van der Waals surface area contributed by atoms with E-state index in [4.69, 9.17) is 0 Å². The Hall–Kier alpha value is -0.390. The molecule has 2 N–H and O–H groups in total. The number of aliphatic imine (C=N–C) groups is 1. The topological polar surface area (TPSA) is 62.2 Å². The van der Waals surface area contributed by atoms with E-state index < -0.39 is 0 Å². The summed E-state index contributed by atoms with van der Waals surface area (Å²) in [6, 6.07) is 0. The number of nitrogens with one attached hydrogen (secondary N) is 2. The van der Waals surface area contributed by atoms with Gasteiger partial charge in [-0.05, 0) is 27.2 Å². The zero-order valence-corrected chi connectivity index (χ0v) is 18.9. The molecule has 9 heteroatoms. The summed E-state index contributed by atoms with van der Waals surface area (Å²) in [4.78, 5) is 14.6. The number of aryl methyl sites for hydroxylation is 2. The highest BCUT2D eigenvalue weighted by molar-refractivity contribution is 14.0. The molecule has 0 aliphatic rings. The lowest BCUT2D eigenvalue weighted by atomic mass is 10.4. The summed E-state index contributed by atoms with van der Waals surface area (Å²) < 4.78 is 1.14. The Morgan fingerprint density at radius 2 is 2.17 bits per heavy atom. The fraction of sp³-hybridized carbons (Fsp3) is 0.533. The van der Waals surface area contributed by atoms with Crippen LogP contribution in [0.5, 0.6) is 0 Å². The van der Waals surface area contributed by atoms with Crippen LogP contribution in [0, 0.1) is 13.8 Å². The van der Waals surface area contributed by atoms with Crippen LogP contribution in [0.2, 0.25) is 0 Å². The van der Waals surface area contributed by atoms with Crippen LogP contribution in [-0.4, -0.2) is 34.8 Å². The van der Waals surface area contributed by atoms with E-state index in [1.54, 1.807) is 22.7 Å². The zero-order chi connectivity index (χ0) is 16.5. The number of rotatable bonds is 8. The Morgan fingerprint density at radius 1 is 1.33 bits per heavy atom. The standard InChI is InChI=1S/C15H23N5S3.HI/c1-4-16-14(19-10-13-11(2)20-12(3)23-13)17-6-5-8-21-15-18-7-9-22-15;/h7,9H,4-6,8,10H2,1-3H3,(H2,16,17,19);1H. The number of halogens is 1. The molecule has 134 valence electrons. The second-order valence-corrected chi connectivity index (χ2v) is 8.39. The molecule has 0 aliphatic heterocycles. The molecule has 0 spiro atoms. The maximum absolute atomic E-state index is 4.65. The van der Waals surface area contributed by atoms with Crippen molar-refractivity contribution in [1.29, 1.82) is 0 Å². The SMILES string of the molecule is CCNC(=NCc1sc(C)nc1C)NCCCSc1nccs1.I. The first-order valence-electron chi connectivity index (χ1n) is 7.66. The average Bonchev–Trinajstić information content (AvgIpc) is 3.14. The van der Waals surface area contributed by atoms with Crippen molar-refractivity contribution >= 4 is 64.4 Å². The van der Waals surface area contributed by atoms with Crippen LogP contribution in [0.15, 0.2) is 20.9 Å². The predicted octanol–water partition coefficient (Wildman–Crippen LogP) is 4.07. The third-order valence-electron chi connectivity index (χ3n) is 2.97. The van der Waals surface area contributed by atoms with Crippen LogP contribution in [0.25, 0.3) is 0 Å². The molecule has 2 heterocycles. The van der Waals surface area contributed by atoms with Gasteiger partial charge in [0.1, 0.15) is 4.34 Å². The molecule has 2 rings (SSSR count). The first-order chi connectivity index (χ1) is 11.2. The van der Waals surface area contributed by atoms with Crippen molar-refractivity contribution in [2.45, 2.75) is 38.1 Å². The van der Waals surface area contributed by atoms with Gasteiger partial charge in [-0.3, -0.25) is 0 Å². The van der Waals surface area contributed by atoms with Gasteiger partial charge in [0.25, 0.3) is 0 Å². The minimum Gasteiger partial charge on any atom is -0.357 e. The normalized spacial score (nSPS) is 11.2. The Labute approximate surface area is 173 Å². The van der Waals surface area contributed by atoms with Gasteiger partial charge in [-0.15, -0.1) is 46.7 Å². The van der Waals surface area contributed by atoms with Crippen LogP contribution in [-0.2, 0) is 6.54 Å². The highest BCUT2D eigenvalue weighted by atomic mass is 127. The summed E-state index contributed by atoms with van der Waals surface area (Å²) in [6.07, 6.45) is 2.93. The third kappa shape index (κ3) is 7.66. The lowest BCUT2D eigenvalue weighted by molar-refractivity contribution is 0.790. The molecule has 2 aromatic rings. The Kier molecular flexibility index (Phi) is 10.9. The molecule has 24 heavy (non-hydrogen) atoms. The van der Waals surface area contributed by atoms with Gasteiger partial charge in [-0.2, -0.15) is 0 Å². The maximum Gasteiger partial charge on any atom is 0.191 e. The maximum atomic E-state index is 4.65. The lowest BCUT2D eigenvalue weighted by Gasteiger charge is -2.10. The number of aromatic nitrogens is 2. The second-order valence-electron chi connectivity index (χ2n) is 4.86. The summed E-state index contributed by atoms with van der Waals surface area (Å²) in [7, 11) is 0. The number of hydrogen-bond acceptors (Lipinski definition) is 6. The monoisotopic (exact) mass is 497 g/mol. The molecule has 2 aromatic heterocycles. The van der Waals surface area contributed by atoms with Crippen molar-refractivity contribution in [2.75, 3.05) is 18.8 Å². The molecule has 0 saturated carbocycles. The van der Waals surface area contributed by atoms with Crippen LogP contribution in [0.3, 0.4) is 0 Å². The van der Waals surface area contributed by atoms with Crippen LogP contribution in [0.4, 0.5) is 0 Å². The molecule has 0 fully saturated rings. The van der Waals surface area contributed by atoms with E-state index >= 15 is 0 Å². The van der Waals surface area contributed by atoms with E-state index in [0.717, 1.165) is 46.3 Å². The Balaban J connectivity index is 0.00000288. The summed E-state index contributed by atoms with van der Waals surface area (Å²) in [6.45, 7) is 8.61. The zero-order valence-electron chi connectivity index (χ0n) is 14.2. The third-order valence-corrected chi connectivity index (χ3v) is 6.08. The van der Waals surface area contributed by atoms with E-state index in [1.807, 2.05) is 37.2 Å². The van der Waals surface area contributed by atoms with Crippen molar-refractivity contribution in [3.63, 3.8) is 0 Å². The molecular weight excluding hydrogens is 473 g/mol. The Morgan fingerprint density at radius 3 is 2.79 bits per heavy atom. The molecule has 0 aliphatic carbocycles. The molecular formula is C15H24IN5S3. The minimum absolute atomic E-state index is 0. The molecule has 0 unspecified atom stereocenters. The van der Waals surface area contributed by atoms with Gasteiger partial charge in [-0.25, -0.2) is 15.0 Å². The van der Waals surface area contributed by atoms with Crippen LogP contribution in [0.1, 0.15) is 28.9 Å². The fourth-order valence-corrected chi connectivity index (χ4v) is 4.44. The number of guanidine groups is 1. The molecule has 0 aromatic carbocycles. The molecule has 0 amide bonds. The molecule has 0 saturated heterocycles. The van der Waals surface area contributed by atoms with E-state index in [2.05, 4.69) is 32.5 Å². The number of thiazole rings is 2. The number of hydrogen-bond donors (Lipinski definition) is 2. The van der Waals surface area contributed by atoms with E-state index in [1.165, 1.54) is 4.88 Å². The molecule has 0 bridgehead atoms. The van der Waals surface area contributed by atoms with E-state index in [9.17, 15) is 0 Å². The lowest BCUT2D eigenvalue weighted by Crippen LogP contribution is -2.37. The van der Waals surface area contributed by atoms with Crippen molar-refractivity contribution in [3.8, 4) is 0 Å². The highest BCUT2D eigenvalue weighted by Crippen LogP contribution is 2.20. The summed E-state index contributed by atoms with van der Waals surface area (Å²) >= 11 is 5.22. The van der Waals surface area contributed by atoms with E-state index in [-0.39, 0.29) is 24.0 Å². The smallest absolute Gasteiger partial charge is 0.191 e. The number of nitrogens with zero attached hydrogens (tertiary/aromatic N) is 3. The highest BCUT2D eigenvalue weighted by Gasteiger charge is 2.05. The van der Waals surface area contributed by atoms with Gasteiger partial charge in [-0.1, -0.05) is 11.8 Å². The van der Waals surface area contributed by atoms with Gasteiger partial charge in [0.15, 0.2) is 5.96 Å². The van der Waals surface area contributed by atoms with Gasteiger partial charge in [0.2, 0.25) is 0 Å². The fourth-order valence-electron chi connectivity index (χ4n) is 1.93. The quantitative estimate of drug-likeness (QED) is 0.189. The Bertz CT molecular complexity index is 613. The first kappa shape index (κ1) is 21.7. The van der Waals surface area contributed by atoms with Gasteiger partial charge < -0.3 is 10.6 Å². The largest absolute Gasteiger partial charge is 0.357 e. The first-order valence-corrected chi connectivity index (χ1v) is 10.3. The predicted molar refractivity (Wildman–Crippen MR) is 117 cm³/mol. The van der Waals surface area contributed by atoms with Crippen molar-refractivity contribution in [1.82, 2.24) is 20.6 Å². The average molecular weight is 497 g/mol. The molecule has 5 nitrogen and oxygen atoms in total. The van der Waals surface area contributed by atoms with Crippen LogP contribution < -0.4 is 10.6 Å². The summed E-state index contributed by atoms with van der Waals surface area (Å²) in [5, 5.41) is 9.79. The van der Waals surface area contributed by atoms with Crippen molar-refractivity contribution in [2.24, 2.45) is 4.99 Å². The van der Waals surface area contributed by atoms with Gasteiger partial charge in [0, 0.05) is 35.3 Å². The minimum atomic E-state index is 0. The van der Waals surface area contributed by atoms with Crippen molar-refractivity contribution < 1.29 is 0 Å². The number of thioether (sulfide) groups is 1. The molecule has 0 atom stereocenters. The summed E-state index contributed by atoms with van der Waals surface area (Å²) in [5.41, 5.74) is 1.09. The van der Waals surface area contributed by atoms with Gasteiger partial charge >= 0.3 is 0 Å².